The number of carbonyl (C=O) groups excluding carboxylic acids is 1. The van der Waals surface area contributed by atoms with Crippen molar-refractivity contribution in [1.29, 1.82) is 0 Å². The van der Waals surface area contributed by atoms with Crippen LogP contribution in [0.25, 0.3) is 0 Å². The molecule has 0 saturated carbocycles. The highest BCUT2D eigenvalue weighted by molar-refractivity contribution is 7.89. The third-order valence-corrected chi connectivity index (χ3v) is 10.6. The third-order valence-electron chi connectivity index (χ3n) is 9.10. The number of nitrogens with zero attached hydrogens (tertiary/aromatic N) is 1. The molecule has 3 N–H and O–H groups in total. The molecule has 1 fully saturated rings. The first-order valence-electron chi connectivity index (χ1n) is 17.4. The lowest BCUT2D eigenvalue weighted by molar-refractivity contribution is -0.252. The zero-order valence-corrected chi connectivity index (χ0v) is 30.2. The summed E-state index contributed by atoms with van der Waals surface area (Å²) in [7, 11) is -1.90. The maximum absolute atomic E-state index is 13.7. The van der Waals surface area contributed by atoms with Crippen LogP contribution >= 0.6 is 0 Å². The predicted molar refractivity (Wildman–Crippen MR) is 202 cm³/mol. The van der Waals surface area contributed by atoms with E-state index in [1.165, 1.54) is 17.7 Å². The summed E-state index contributed by atoms with van der Waals surface area (Å²) in [5, 5.41) is 12.5. The molecule has 9 nitrogen and oxygen atoms in total. The number of ether oxygens (including phenoxy) is 2. The van der Waals surface area contributed by atoms with E-state index < -0.39 is 28.3 Å². The number of aliphatic hydroxyl groups excluding tert-OH is 1. The molecule has 6 rings (SSSR count). The van der Waals surface area contributed by atoms with Crippen LogP contribution in [-0.2, 0) is 43.9 Å². The monoisotopic (exact) mass is 719 g/mol. The van der Waals surface area contributed by atoms with Gasteiger partial charge in [0, 0.05) is 30.8 Å². The van der Waals surface area contributed by atoms with Gasteiger partial charge in [0.15, 0.2) is 6.29 Å². The van der Waals surface area contributed by atoms with Gasteiger partial charge in [-0.25, -0.2) is 8.42 Å². The van der Waals surface area contributed by atoms with Gasteiger partial charge in [0.1, 0.15) is 6.04 Å². The highest BCUT2D eigenvalue weighted by Crippen LogP contribution is 2.38. The Morgan fingerprint density at radius 2 is 1.40 bits per heavy atom. The smallest absolute Gasteiger partial charge is 0.242 e. The Bertz CT molecular complexity index is 1990. The quantitative estimate of drug-likeness (QED) is 0.117. The molecule has 1 aliphatic heterocycles. The average molecular weight is 720 g/mol. The molecule has 52 heavy (non-hydrogen) atoms. The number of carbonyl (C=O) groups is 1. The Morgan fingerprint density at radius 3 is 2.04 bits per heavy atom. The molecule has 4 atom stereocenters. The molecule has 1 aliphatic rings. The number of anilines is 1. The summed E-state index contributed by atoms with van der Waals surface area (Å²) >= 11 is 0. The number of aryl methyl sites for hydroxylation is 1. The number of nitrogens with one attached hydrogen (secondary N) is 2. The van der Waals surface area contributed by atoms with E-state index in [1.54, 1.807) is 24.3 Å². The number of rotatable bonds is 14. The zero-order valence-electron chi connectivity index (χ0n) is 29.4. The minimum absolute atomic E-state index is 0.0288. The van der Waals surface area contributed by atoms with E-state index in [-0.39, 0.29) is 30.1 Å². The van der Waals surface area contributed by atoms with Crippen LogP contribution in [0.15, 0.2) is 138 Å². The van der Waals surface area contributed by atoms with E-state index in [4.69, 9.17) is 9.47 Å². The second-order valence-electron chi connectivity index (χ2n) is 13.3. The van der Waals surface area contributed by atoms with Crippen LogP contribution in [0, 0.1) is 6.92 Å². The van der Waals surface area contributed by atoms with Gasteiger partial charge in [-0.3, -0.25) is 9.69 Å². The molecule has 270 valence electrons. The minimum Gasteiger partial charge on any atom is -0.392 e. The van der Waals surface area contributed by atoms with E-state index in [1.807, 2.05) is 91.9 Å². The molecule has 5 aromatic rings. The summed E-state index contributed by atoms with van der Waals surface area (Å²) in [5.74, 6) is -0.481. The Labute approximate surface area is 306 Å². The Balaban J connectivity index is 1.17. The summed E-state index contributed by atoms with van der Waals surface area (Å²) in [6.45, 7) is 3.32. The highest BCUT2D eigenvalue weighted by atomic mass is 32.2. The largest absolute Gasteiger partial charge is 0.392 e. The van der Waals surface area contributed by atoms with Gasteiger partial charge in [-0.15, -0.1) is 0 Å². The first-order chi connectivity index (χ1) is 25.1. The van der Waals surface area contributed by atoms with Gasteiger partial charge in [0.05, 0.1) is 23.7 Å². The lowest BCUT2D eigenvalue weighted by Gasteiger charge is -2.38. The number of amides is 1. The van der Waals surface area contributed by atoms with E-state index >= 15 is 0 Å². The number of sulfonamides is 1. The van der Waals surface area contributed by atoms with Crippen molar-refractivity contribution in [2.24, 2.45) is 0 Å². The maximum Gasteiger partial charge on any atom is 0.242 e. The minimum atomic E-state index is -3.98. The molecule has 0 aliphatic carbocycles. The highest BCUT2D eigenvalue weighted by Gasteiger charge is 2.33. The summed E-state index contributed by atoms with van der Waals surface area (Å²) in [4.78, 5) is 16.0. The van der Waals surface area contributed by atoms with Crippen molar-refractivity contribution in [3.63, 3.8) is 0 Å². The molecule has 1 saturated heterocycles. The molecule has 1 amide bonds. The standard InChI is InChI=1S/C42H45N3O6S/c1-30-13-23-38(24-14-30)52(48,49)44-39(25-31-9-5-3-6-10-31)41(47)43-36-21-19-35(20-22-36)42-50-37(28-45(2)27-32-11-7-4-8-12-32)26-40(51-42)34-17-15-33(29-46)16-18-34/h3-24,37,39-40,42,44,46H,25-29H2,1-2H3,(H,43,47)/t37-,39+,40+,42+/m0/s1. The van der Waals surface area contributed by atoms with Gasteiger partial charge in [-0.2, -0.15) is 4.72 Å². The van der Waals surface area contributed by atoms with Gasteiger partial charge >= 0.3 is 0 Å². The Hall–Kier alpha value is -4.68. The van der Waals surface area contributed by atoms with Crippen LogP contribution in [0.1, 0.15) is 52.2 Å². The van der Waals surface area contributed by atoms with E-state index in [2.05, 4.69) is 34.1 Å². The number of hydrogen-bond donors (Lipinski definition) is 3. The molecule has 0 bridgehead atoms. The number of likely N-dealkylation sites (N-methyl/N-ethyl adjacent to an activating group) is 1. The fourth-order valence-corrected chi connectivity index (χ4v) is 7.50. The van der Waals surface area contributed by atoms with Gasteiger partial charge < -0.3 is 19.9 Å². The fourth-order valence-electron chi connectivity index (χ4n) is 6.30. The summed E-state index contributed by atoms with van der Waals surface area (Å²) in [6.07, 6.45) is -0.205. The molecule has 0 aromatic heterocycles. The van der Waals surface area contributed by atoms with Crippen molar-refractivity contribution in [3.05, 3.63) is 167 Å². The number of hydrogen-bond acceptors (Lipinski definition) is 7. The maximum atomic E-state index is 13.7. The molecular formula is C42H45N3O6S. The van der Waals surface area contributed by atoms with Crippen molar-refractivity contribution in [2.75, 3.05) is 18.9 Å². The first-order valence-corrected chi connectivity index (χ1v) is 18.9. The van der Waals surface area contributed by atoms with E-state index in [0.29, 0.717) is 18.7 Å². The van der Waals surface area contributed by atoms with Crippen LogP contribution < -0.4 is 10.0 Å². The normalized spacial score (nSPS) is 18.2. The van der Waals surface area contributed by atoms with Crippen molar-refractivity contribution in [3.8, 4) is 0 Å². The number of aliphatic hydroxyl groups is 1. The van der Waals surface area contributed by atoms with Crippen LogP contribution in [0.3, 0.4) is 0 Å². The van der Waals surface area contributed by atoms with Gasteiger partial charge in [0.2, 0.25) is 15.9 Å². The Morgan fingerprint density at radius 1 is 0.788 bits per heavy atom. The fraction of sp³-hybridized carbons (Fsp3) is 0.262. The Kier molecular flexibility index (Phi) is 12.3. The van der Waals surface area contributed by atoms with Crippen molar-refractivity contribution >= 4 is 21.6 Å². The van der Waals surface area contributed by atoms with Crippen molar-refractivity contribution < 1.29 is 27.8 Å². The topological polar surface area (TPSA) is 117 Å². The molecule has 5 aromatic carbocycles. The van der Waals surface area contributed by atoms with E-state index in [9.17, 15) is 18.3 Å². The molecule has 10 heteroatoms. The molecular weight excluding hydrogens is 675 g/mol. The SMILES string of the molecule is Cc1ccc(S(=O)(=O)N[C@H](Cc2ccccc2)C(=O)Nc2ccc([C@@H]3O[C@H](CN(C)Cc4ccccc4)C[C@H](c4ccc(CO)cc4)O3)cc2)cc1. The molecule has 0 spiro atoms. The lowest BCUT2D eigenvalue weighted by atomic mass is 9.99. The van der Waals surface area contributed by atoms with Crippen LogP contribution in [0.5, 0.6) is 0 Å². The van der Waals surface area contributed by atoms with Gasteiger partial charge in [-0.1, -0.05) is 115 Å². The second-order valence-corrected chi connectivity index (χ2v) is 15.0. The number of benzene rings is 5. The summed E-state index contributed by atoms with van der Waals surface area (Å²) in [6, 6.07) is 40.1. The molecule has 0 radical (unpaired) electrons. The zero-order chi connectivity index (χ0) is 36.5. The first kappa shape index (κ1) is 37.1. The van der Waals surface area contributed by atoms with Crippen molar-refractivity contribution in [1.82, 2.24) is 9.62 Å². The van der Waals surface area contributed by atoms with Gasteiger partial charge in [-0.05, 0) is 66.9 Å². The van der Waals surface area contributed by atoms with Crippen LogP contribution in [0.4, 0.5) is 5.69 Å². The summed E-state index contributed by atoms with van der Waals surface area (Å²) < 4.78 is 42.4. The third kappa shape index (κ3) is 10.0. The van der Waals surface area contributed by atoms with E-state index in [0.717, 1.165) is 34.4 Å². The second kappa shape index (κ2) is 17.2. The van der Waals surface area contributed by atoms with Crippen LogP contribution in [0.2, 0.25) is 0 Å². The lowest BCUT2D eigenvalue weighted by Crippen LogP contribution is -2.45. The molecule has 0 unspecified atom stereocenters. The molecule has 1 heterocycles. The van der Waals surface area contributed by atoms with Crippen LogP contribution in [-0.4, -0.2) is 50.1 Å². The average Bonchev–Trinajstić information content (AvgIpc) is 3.15. The van der Waals surface area contributed by atoms with Crippen molar-refractivity contribution in [2.45, 2.75) is 62.4 Å². The summed E-state index contributed by atoms with van der Waals surface area (Å²) in [5.41, 5.74) is 6.10. The predicted octanol–water partition coefficient (Wildman–Crippen LogP) is 6.69. The van der Waals surface area contributed by atoms with Gasteiger partial charge in [0.25, 0.3) is 0 Å².